The summed E-state index contributed by atoms with van der Waals surface area (Å²) >= 11 is 0. The molecule has 5 heteroatoms. The molecule has 0 atom stereocenters. The second-order valence-electron chi connectivity index (χ2n) is 5.85. The Morgan fingerprint density at radius 1 is 1.10 bits per heavy atom. The maximum Gasteiger partial charge on any atom is 0.252 e. The Balaban J connectivity index is 1.99. The van der Waals surface area contributed by atoms with Gasteiger partial charge in [-0.2, -0.15) is 0 Å². The van der Waals surface area contributed by atoms with Crippen molar-refractivity contribution >= 4 is 17.5 Å². The average Bonchev–Trinajstić information content (AvgIpc) is 2.60. The zero-order valence-electron chi connectivity index (χ0n) is 11.9. The summed E-state index contributed by atoms with van der Waals surface area (Å²) in [7, 11) is 0. The van der Waals surface area contributed by atoms with Gasteiger partial charge in [-0.05, 0) is 25.0 Å². The van der Waals surface area contributed by atoms with Crippen molar-refractivity contribution in [2.24, 2.45) is 0 Å². The fraction of sp³-hybridized carbons (Fsp3) is 0.500. The lowest BCUT2D eigenvalue weighted by Crippen LogP contribution is -2.58. The third-order valence-corrected chi connectivity index (χ3v) is 4.45. The second kappa shape index (κ2) is 5.47. The largest absolute Gasteiger partial charge is 0.342 e. The van der Waals surface area contributed by atoms with E-state index in [1.54, 1.807) is 18.2 Å². The van der Waals surface area contributed by atoms with Crippen LogP contribution in [0.1, 0.15) is 38.5 Å². The van der Waals surface area contributed by atoms with Gasteiger partial charge in [0.15, 0.2) is 0 Å². The molecule has 1 saturated carbocycles. The third kappa shape index (κ3) is 2.52. The lowest BCUT2D eigenvalue weighted by atomic mass is 9.80. The van der Waals surface area contributed by atoms with E-state index in [2.05, 4.69) is 5.32 Å². The molecular formula is C16H19FN2O2. The van der Waals surface area contributed by atoms with Crippen LogP contribution >= 0.6 is 0 Å². The number of carbonyl (C=O) groups excluding carboxylic acids is 2. The Morgan fingerprint density at radius 2 is 1.81 bits per heavy atom. The molecule has 2 amide bonds. The van der Waals surface area contributed by atoms with Gasteiger partial charge in [-0.1, -0.05) is 31.4 Å². The predicted octanol–water partition coefficient (Wildman–Crippen LogP) is 2.38. The molecule has 1 saturated heterocycles. The molecule has 2 fully saturated rings. The SMILES string of the molecule is O=C1CCN(c2ccccc2F)C(=O)C2(CCCCC2)N1. The zero-order chi connectivity index (χ0) is 14.9. The van der Waals surface area contributed by atoms with Crippen LogP contribution in [0.15, 0.2) is 24.3 Å². The number of rotatable bonds is 1. The van der Waals surface area contributed by atoms with Gasteiger partial charge in [-0.3, -0.25) is 9.59 Å². The monoisotopic (exact) mass is 290 g/mol. The van der Waals surface area contributed by atoms with Gasteiger partial charge in [0, 0.05) is 13.0 Å². The van der Waals surface area contributed by atoms with Crippen molar-refractivity contribution < 1.29 is 14.0 Å². The molecule has 4 nitrogen and oxygen atoms in total. The van der Waals surface area contributed by atoms with E-state index >= 15 is 0 Å². The van der Waals surface area contributed by atoms with Gasteiger partial charge in [0.25, 0.3) is 5.91 Å². The fourth-order valence-corrected chi connectivity index (χ4v) is 3.35. The van der Waals surface area contributed by atoms with Crippen LogP contribution in [0, 0.1) is 5.82 Å². The second-order valence-corrected chi connectivity index (χ2v) is 5.85. The first-order valence-corrected chi connectivity index (χ1v) is 7.50. The number of halogens is 1. The maximum atomic E-state index is 14.0. The molecule has 21 heavy (non-hydrogen) atoms. The van der Waals surface area contributed by atoms with Crippen molar-refractivity contribution in [3.8, 4) is 0 Å². The molecule has 1 N–H and O–H groups in total. The van der Waals surface area contributed by atoms with Crippen LogP contribution in [-0.4, -0.2) is 23.9 Å². The Morgan fingerprint density at radius 3 is 2.52 bits per heavy atom. The van der Waals surface area contributed by atoms with Crippen molar-refractivity contribution in [3.63, 3.8) is 0 Å². The van der Waals surface area contributed by atoms with Gasteiger partial charge in [-0.25, -0.2) is 4.39 Å². The third-order valence-electron chi connectivity index (χ3n) is 4.45. The first-order chi connectivity index (χ1) is 10.1. The number of nitrogens with zero attached hydrogens (tertiary/aromatic N) is 1. The van der Waals surface area contributed by atoms with Gasteiger partial charge in [-0.15, -0.1) is 0 Å². The first-order valence-electron chi connectivity index (χ1n) is 7.50. The smallest absolute Gasteiger partial charge is 0.252 e. The Bertz CT molecular complexity index is 567. The van der Waals surface area contributed by atoms with Crippen LogP contribution in [0.4, 0.5) is 10.1 Å². The summed E-state index contributed by atoms with van der Waals surface area (Å²) in [6.45, 7) is 0.230. The summed E-state index contributed by atoms with van der Waals surface area (Å²) in [4.78, 5) is 26.4. The highest BCUT2D eigenvalue weighted by molar-refractivity contribution is 6.04. The Kier molecular flexibility index (Phi) is 3.66. The van der Waals surface area contributed by atoms with Crippen LogP contribution in [0.3, 0.4) is 0 Å². The maximum absolute atomic E-state index is 14.0. The summed E-state index contributed by atoms with van der Waals surface area (Å²) in [6.07, 6.45) is 4.39. The van der Waals surface area contributed by atoms with Gasteiger partial charge in [0.2, 0.25) is 5.91 Å². The number of carbonyl (C=O) groups is 2. The minimum Gasteiger partial charge on any atom is -0.342 e. The van der Waals surface area contributed by atoms with Gasteiger partial charge in [0.1, 0.15) is 11.4 Å². The highest BCUT2D eigenvalue weighted by atomic mass is 19.1. The van der Waals surface area contributed by atoms with Crippen molar-refractivity contribution in [1.29, 1.82) is 0 Å². The van der Waals surface area contributed by atoms with E-state index in [1.165, 1.54) is 11.0 Å². The van der Waals surface area contributed by atoms with Gasteiger partial charge < -0.3 is 10.2 Å². The summed E-state index contributed by atoms with van der Waals surface area (Å²) in [6, 6.07) is 6.25. The van der Waals surface area contributed by atoms with E-state index in [9.17, 15) is 14.0 Å². The molecular weight excluding hydrogens is 271 g/mol. The van der Waals surface area contributed by atoms with Crippen LogP contribution in [0.25, 0.3) is 0 Å². The van der Waals surface area contributed by atoms with Gasteiger partial charge >= 0.3 is 0 Å². The van der Waals surface area contributed by atoms with E-state index < -0.39 is 11.4 Å². The minimum absolute atomic E-state index is 0.121. The molecule has 1 aliphatic carbocycles. The molecule has 2 aliphatic rings. The standard InChI is InChI=1S/C16H19FN2O2/c17-12-6-2-3-7-13(12)19-11-8-14(20)18-16(15(19)21)9-4-1-5-10-16/h2-3,6-7H,1,4-5,8-11H2,(H,18,20). The number of nitrogens with one attached hydrogen (secondary N) is 1. The molecule has 112 valence electrons. The molecule has 0 bridgehead atoms. The highest BCUT2D eigenvalue weighted by Gasteiger charge is 2.45. The van der Waals surface area contributed by atoms with Crippen LogP contribution < -0.4 is 10.2 Å². The molecule has 1 heterocycles. The molecule has 1 aromatic carbocycles. The normalized spacial score (nSPS) is 22.0. The predicted molar refractivity (Wildman–Crippen MR) is 77.3 cm³/mol. The minimum atomic E-state index is -0.839. The number of hydrogen-bond acceptors (Lipinski definition) is 2. The van der Waals surface area contributed by atoms with Gasteiger partial charge in [0.05, 0.1) is 5.69 Å². The Hall–Kier alpha value is -1.91. The summed E-state index contributed by atoms with van der Waals surface area (Å²) in [5.74, 6) is -0.714. The molecule has 1 spiro atoms. The molecule has 0 radical (unpaired) electrons. The quantitative estimate of drug-likeness (QED) is 0.863. The van der Waals surface area contributed by atoms with E-state index in [1.807, 2.05) is 0 Å². The van der Waals surface area contributed by atoms with Crippen LogP contribution in [0.2, 0.25) is 0 Å². The first kappa shape index (κ1) is 14.0. The van der Waals surface area contributed by atoms with Crippen molar-refractivity contribution in [1.82, 2.24) is 5.32 Å². The molecule has 1 aliphatic heterocycles. The number of anilines is 1. The van der Waals surface area contributed by atoms with E-state index in [4.69, 9.17) is 0 Å². The fourth-order valence-electron chi connectivity index (χ4n) is 3.35. The van der Waals surface area contributed by atoms with E-state index in [0.29, 0.717) is 12.8 Å². The number of para-hydroxylation sites is 1. The highest BCUT2D eigenvalue weighted by Crippen LogP contribution is 2.33. The summed E-state index contributed by atoms with van der Waals surface area (Å²) in [5, 5.41) is 2.91. The number of hydrogen-bond donors (Lipinski definition) is 1. The molecule has 0 aromatic heterocycles. The number of benzene rings is 1. The lowest BCUT2D eigenvalue weighted by molar-refractivity contribution is -0.131. The number of amides is 2. The van der Waals surface area contributed by atoms with Crippen molar-refractivity contribution in [2.75, 3.05) is 11.4 Å². The molecule has 3 rings (SSSR count). The Labute approximate surface area is 123 Å². The van der Waals surface area contributed by atoms with E-state index in [-0.39, 0.29) is 30.5 Å². The molecule has 1 aromatic rings. The lowest BCUT2D eigenvalue weighted by Gasteiger charge is -2.38. The zero-order valence-corrected chi connectivity index (χ0v) is 11.9. The summed E-state index contributed by atoms with van der Waals surface area (Å²) in [5.41, 5.74) is -0.572. The van der Waals surface area contributed by atoms with Crippen molar-refractivity contribution in [2.45, 2.75) is 44.1 Å². The van der Waals surface area contributed by atoms with Crippen LogP contribution in [0.5, 0.6) is 0 Å². The summed E-state index contributed by atoms with van der Waals surface area (Å²) < 4.78 is 14.0. The van der Waals surface area contributed by atoms with E-state index in [0.717, 1.165) is 19.3 Å². The van der Waals surface area contributed by atoms with Crippen LogP contribution in [-0.2, 0) is 9.59 Å². The van der Waals surface area contributed by atoms with Crippen molar-refractivity contribution in [3.05, 3.63) is 30.1 Å². The molecule has 0 unspecified atom stereocenters. The average molecular weight is 290 g/mol. The topological polar surface area (TPSA) is 49.4 Å².